The molecule has 114 valence electrons. The Morgan fingerprint density at radius 3 is 2.15 bits per heavy atom. The molecular formula is C17H30O2Si. The van der Waals surface area contributed by atoms with Gasteiger partial charge in [-0.3, -0.25) is 0 Å². The highest BCUT2D eigenvalue weighted by Gasteiger charge is 2.44. The van der Waals surface area contributed by atoms with Crippen molar-refractivity contribution in [1.82, 2.24) is 0 Å². The molecule has 2 nitrogen and oxygen atoms in total. The maximum atomic E-state index is 6.54. The van der Waals surface area contributed by atoms with Crippen molar-refractivity contribution in [3.8, 4) is 0 Å². The van der Waals surface area contributed by atoms with Gasteiger partial charge in [0.2, 0.25) is 8.32 Å². The second-order valence-electron chi connectivity index (χ2n) is 6.52. The molecular weight excluding hydrogens is 264 g/mol. The van der Waals surface area contributed by atoms with Gasteiger partial charge in [-0.2, -0.15) is 0 Å². The van der Waals surface area contributed by atoms with Gasteiger partial charge in [-0.05, 0) is 22.7 Å². The van der Waals surface area contributed by atoms with Gasteiger partial charge in [-0.25, -0.2) is 0 Å². The molecule has 0 aliphatic rings. The van der Waals surface area contributed by atoms with E-state index in [1.54, 1.807) is 0 Å². The molecule has 0 N–H and O–H groups in total. The minimum absolute atomic E-state index is 0.613. The minimum atomic E-state index is -1.78. The Bertz CT molecular complexity index is 397. The van der Waals surface area contributed by atoms with E-state index in [-0.39, 0.29) is 0 Å². The van der Waals surface area contributed by atoms with Crippen LogP contribution in [0.4, 0.5) is 0 Å². The van der Waals surface area contributed by atoms with E-state index in [1.165, 1.54) is 0 Å². The Kier molecular flexibility index (Phi) is 6.27. The molecule has 0 radical (unpaired) electrons. The molecule has 0 saturated heterocycles. The molecule has 0 aliphatic heterocycles. The Labute approximate surface area is 125 Å². The lowest BCUT2D eigenvalue weighted by Crippen LogP contribution is -2.47. The summed E-state index contributed by atoms with van der Waals surface area (Å²) < 4.78 is 12.1. The van der Waals surface area contributed by atoms with Crippen LogP contribution in [0.25, 0.3) is 0 Å². The van der Waals surface area contributed by atoms with Gasteiger partial charge >= 0.3 is 0 Å². The van der Waals surface area contributed by atoms with E-state index in [0.29, 0.717) is 23.2 Å². The van der Waals surface area contributed by atoms with Crippen LogP contribution in [0.2, 0.25) is 16.6 Å². The van der Waals surface area contributed by atoms with E-state index in [0.717, 1.165) is 17.7 Å². The first kappa shape index (κ1) is 17.2. The molecule has 0 unspecified atom stereocenters. The van der Waals surface area contributed by atoms with Gasteiger partial charge in [-0.1, -0.05) is 47.6 Å². The SMILES string of the molecule is C=CCc1cc(CO[Si](C(C)C)(C(C)C)C(C)C)co1. The predicted octanol–water partition coefficient (Wildman–Crippen LogP) is 5.70. The summed E-state index contributed by atoms with van der Waals surface area (Å²) in [5, 5.41) is 0. The second kappa shape index (κ2) is 7.28. The fraction of sp³-hybridized carbons (Fsp3) is 0.647. The number of hydrogen-bond acceptors (Lipinski definition) is 2. The van der Waals surface area contributed by atoms with Gasteiger partial charge in [0.1, 0.15) is 5.76 Å². The van der Waals surface area contributed by atoms with Crippen molar-refractivity contribution in [2.75, 3.05) is 0 Å². The van der Waals surface area contributed by atoms with E-state index in [9.17, 15) is 0 Å². The molecule has 0 aliphatic carbocycles. The fourth-order valence-electron chi connectivity index (χ4n) is 3.46. The first-order valence-corrected chi connectivity index (χ1v) is 9.79. The van der Waals surface area contributed by atoms with Crippen molar-refractivity contribution >= 4 is 8.32 Å². The highest BCUT2D eigenvalue weighted by Crippen LogP contribution is 2.42. The third-order valence-corrected chi connectivity index (χ3v) is 10.3. The number of furan rings is 1. The Morgan fingerprint density at radius 1 is 1.15 bits per heavy atom. The summed E-state index contributed by atoms with van der Waals surface area (Å²) in [6.07, 6.45) is 4.46. The monoisotopic (exact) mass is 294 g/mol. The van der Waals surface area contributed by atoms with Crippen LogP contribution in [-0.2, 0) is 17.5 Å². The summed E-state index contributed by atoms with van der Waals surface area (Å²) in [7, 11) is -1.78. The fourth-order valence-corrected chi connectivity index (χ4v) is 8.88. The van der Waals surface area contributed by atoms with Crippen molar-refractivity contribution in [1.29, 1.82) is 0 Å². The maximum Gasteiger partial charge on any atom is 0.200 e. The molecule has 1 heterocycles. The lowest BCUT2D eigenvalue weighted by atomic mass is 10.3. The molecule has 0 aromatic carbocycles. The quantitative estimate of drug-likeness (QED) is 0.453. The summed E-state index contributed by atoms with van der Waals surface area (Å²) in [5.41, 5.74) is 2.98. The van der Waals surface area contributed by atoms with Gasteiger partial charge in [0, 0.05) is 12.0 Å². The Morgan fingerprint density at radius 2 is 1.70 bits per heavy atom. The molecule has 3 heteroatoms. The average Bonchev–Trinajstić information content (AvgIpc) is 2.76. The van der Waals surface area contributed by atoms with Crippen LogP contribution >= 0.6 is 0 Å². The molecule has 1 aromatic heterocycles. The lowest BCUT2D eigenvalue weighted by molar-refractivity contribution is 0.265. The van der Waals surface area contributed by atoms with Crippen molar-refractivity contribution in [2.45, 2.75) is 71.2 Å². The van der Waals surface area contributed by atoms with Crippen LogP contribution in [0.1, 0.15) is 52.9 Å². The van der Waals surface area contributed by atoms with Crippen molar-refractivity contribution in [3.63, 3.8) is 0 Å². The average molecular weight is 295 g/mol. The van der Waals surface area contributed by atoms with Crippen LogP contribution < -0.4 is 0 Å². The molecule has 0 atom stereocenters. The predicted molar refractivity (Wildman–Crippen MR) is 88.4 cm³/mol. The van der Waals surface area contributed by atoms with E-state index < -0.39 is 8.32 Å². The molecule has 1 aromatic rings. The summed E-state index contributed by atoms with van der Waals surface area (Å²) in [6.45, 7) is 18.3. The molecule has 0 fully saturated rings. The van der Waals surface area contributed by atoms with Crippen molar-refractivity contribution < 1.29 is 8.84 Å². The first-order valence-electron chi connectivity index (χ1n) is 7.65. The van der Waals surface area contributed by atoms with Gasteiger partial charge in [0.15, 0.2) is 0 Å². The third kappa shape index (κ3) is 3.64. The molecule has 0 amide bonds. The van der Waals surface area contributed by atoms with Gasteiger partial charge in [0.05, 0.1) is 12.9 Å². The summed E-state index contributed by atoms with van der Waals surface area (Å²) in [4.78, 5) is 0. The zero-order valence-corrected chi connectivity index (χ0v) is 14.9. The normalized spacial score (nSPS) is 12.7. The summed E-state index contributed by atoms with van der Waals surface area (Å²) in [6, 6.07) is 2.09. The highest BCUT2D eigenvalue weighted by atomic mass is 28.4. The summed E-state index contributed by atoms with van der Waals surface area (Å²) in [5.74, 6) is 0.963. The Balaban J connectivity index is 2.82. The molecule has 20 heavy (non-hydrogen) atoms. The van der Waals surface area contributed by atoms with Crippen molar-refractivity contribution in [2.24, 2.45) is 0 Å². The zero-order chi connectivity index (χ0) is 15.3. The first-order chi connectivity index (χ1) is 9.34. The number of hydrogen-bond donors (Lipinski definition) is 0. The summed E-state index contributed by atoms with van der Waals surface area (Å²) >= 11 is 0. The standard InChI is InChI=1S/C17H30O2Si/c1-8-9-17-10-16(11-18-17)12-19-20(13(2)3,14(4)5)15(6)7/h8,10-11,13-15H,1,9,12H2,2-7H3. The Hall–Kier alpha value is -0.803. The van der Waals surface area contributed by atoms with Crippen LogP contribution in [0.3, 0.4) is 0 Å². The van der Waals surface area contributed by atoms with E-state index in [4.69, 9.17) is 8.84 Å². The van der Waals surface area contributed by atoms with Crippen LogP contribution in [0.5, 0.6) is 0 Å². The van der Waals surface area contributed by atoms with Crippen molar-refractivity contribution in [3.05, 3.63) is 36.3 Å². The second-order valence-corrected chi connectivity index (χ2v) is 12.0. The molecule has 0 spiro atoms. The maximum absolute atomic E-state index is 6.54. The van der Waals surface area contributed by atoms with E-state index >= 15 is 0 Å². The van der Waals surface area contributed by atoms with E-state index in [2.05, 4.69) is 54.2 Å². The largest absolute Gasteiger partial charge is 0.469 e. The van der Waals surface area contributed by atoms with E-state index in [1.807, 2.05) is 12.3 Å². The molecule has 0 bridgehead atoms. The van der Waals surface area contributed by atoms with Gasteiger partial charge < -0.3 is 8.84 Å². The number of rotatable bonds is 8. The minimum Gasteiger partial charge on any atom is -0.469 e. The number of allylic oxidation sites excluding steroid dienone is 1. The zero-order valence-electron chi connectivity index (χ0n) is 13.9. The lowest BCUT2D eigenvalue weighted by Gasteiger charge is -2.42. The topological polar surface area (TPSA) is 22.4 Å². The third-order valence-electron chi connectivity index (χ3n) is 4.25. The molecule has 0 saturated carbocycles. The van der Waals surface area contributed by atoms with Gasteiger partial charge in [0.25, 0.3) is 0 Å². The van der Waals surface area contributed by atoms with Crippen LogP contribution in [-0.4, -0.2) is 8.32 Å². The van der Waals surface area contributed by atoms with Crippen LogP contribution in [0.15, 0.2) is 29.4 Å². The van der Waals surface area contributed by atoms with Gasteiger partial charge in [-0.15, -0.1) is 6.58 Å². The smallest absolute Gasteiger partial charge is 0.200 e. The molecule has 1 rings (SSSR count). The highest BCUT2D eigenvalue weighted by molar-refractivity contribution is 6.77. The van der Waals surface area contributed by atoms with Crippen LogP contribution in [0, 0.1) is 0 Å².